The third-order valence-electron chi connectivity index (χ3n) is 15.8. The molecule has 70 heavy (non-hydrogen) atoms. The molecular formula is C54H61FN10O5. The van der Waals surface area contributed by atoms with E-state index in [1.165, 1.54) is 13.1 Å². The first-order valence-corrected chi connectivity index (χ1v) is 25.0. The molecule has 11 rings (SSSR count). The third kappa shape index (κ3) is 8.77. The monoisotopic (exact) mass is 948 g/mol. The lowest BCUT2D eigenvalue weighted by molar-refractivity contribution is -0.150. The molecule has 16 heteroatoms. The molecule has 0 radical (unpaired) electrons. The summed E-state index contributed by atoms with van der Waals surface area (Å²) in [5.74, 6) is 2.66. The Kier molecular flexibility index (Phi) is 12.1. The number of aromatic hydroxyl groups is 1. The molecule has 3 aromatic carbocycles. The van der Waals surface area contributed by atoms with E-state index in [2.05, 4.69) is 55.7 Å². The van der Waals surface area contributed by atoms with E-state index in [1.54, 1.807) is 23.2 Å². The van der Waals surface area contributed by atoms with Crippen molar-refractivity contribution in [2.75, 3.05) is 88.9 Å². The quantitative estimate of drug-likeness (QED) is 0.124. The number of phenols is 1. The molecule has 1 aliphatic carbocycles. The largest absolute Gasteiger partial charge is 0.508 e. The first kappa shape index (κ1) is 46.0. The molecule has 2 aromatic heterocycles. The lowest BCUT2D eigenvalue weighted by atomic mass is 9.95. The fourth-order valence-electron chi connectivity index (χ4n) is 11.8. The lowest BCUT2D eigenvalue weighted by Gasteiger charge is -2.40. The van der Waals surface area contributed by atoms with Crippen LogP contribution >= 0.6 is 0 Å². The highest BCUT2D eigenvalue weighted by Crippen LogP contribution is 2.47. The van der Waals surface area contributed by atoms with Gasteiger partial charge in [-0.3, -0.25) is 24.3 Å². The van der Waals surface area contributed by atoms with Crippen LogP contribution in [0.5, 0.6) is 11.8 Å². The fraction of sp³-hybridized carbons (Fsp3) is 0.481. The number of piperazine rings is 2. The van der Waals surface area contributed by atoms with Crippen molar-refractivity contribution in [2.45, 2.75) is 77.0 Å². The van der Waals surface area contributed by atoms with E-state index in [9.17, 15) is 19.5 Å². The minimum atomic E-state index is -0.625. The number of nitrogens with zero attached hydrogens (tertiary/aromatic N) is 9. The van der Waals surface area contributed by atoms with Crippen LogP contribution in [0.1, 0.15) is 73.9 Å². The van der Waals surface area contributed by atoms with Gasteiger partial charge in [0.05, 0.1) is 12.0 Å². The summed E-state index contributed by atoms with van der Waals surface area (Å²) in [5, 5.41) is 16.1. The number of benzene rings is 3. The Morgan fingerprint density at radius 3 is 2.41 bits per heavy atom. The molecule has 3 unspecified atom stereocenters. The molecule has 0 spiro atoms. The summed E-state index contributed by atoms with van der Waals surface area (Å²) in [6, 6.07) is 14.6. The number of terminal acetylenes is 1. The highest BCUT2D eigenvalue weighted by molar-refractivity contribution is 6.06. The lowest BCUT2D eigenvalue weighted by Crippen LogP contribution is -2.54. The van der Waals surface area contributed by atoms with E-state index in [0.29, 0.717) is 77.2 Å². The minimum absolute atomic E-state index is 0.0181. The Morgan fingerprint density at radius 2 is 1.67 bits per heavy atom. The Hall–Kier alpha value is -6.41. The summed E-state index contributed by atoms with van der Waals surface area (Å²) in [7, 11) is 1.50. The number of anilines is 2. The Morgan fingerprint density at radius 1 is 0.914 bits per heavy atom. The third-order valence-corrected chi connectivity index (χ3v) is 15.8. The maximum Gasteiger partial charge on any atom is 0.319 e. The maximum absolute atomic E-state index is 17.1. The second kappa shape index (κ2) is 18.4. The van der Waals surface area contributed by atoms with Crippen LogP contribution in [-0.2, 0) is 16.1 Å². The van der Waals surface area contributed by atoms with Gasteiger partial charge in [0.15, 0.2) is 5.82 Å². The van der Waals surface area contributed by atoms with Gasteiger partial charge in [-0.1, -0.05) is 18.1 Å². The zero-order valence-electron chi connectivity index (χ0n) is 40.3. The number of ether oxygens (including phenoxy) is 1. The number of fused-ring (bicyclic) bond motifs is 3. The number of imide groups is 1. The van der Waals surface area contributed by atoms with Gasteiger partial charge in [-0.05, 0) is 99.2 Å². The molecule has 5 aliphatic heterocycles. The smallest absolute Gasteiger partial charge is 0.319 e. The average molecular weight is 949 g/mol. The molecule has 2 N–H and O–H groups in total. The van der Waals surface area contributed by atoms with Gasteiger partial charge in [-0.15, -0.1) is 6.42 Å². The number of nitrogens with one attached hydrogen (secondary N) is 1. The van der Waals surface area contributed by atoms with Gasteiger partial charge in [0.25, 0.3) is 11.8 Å². The van der Waals surface area contributed by atoms with Crippen LogP contribution in [-0.4, -0.2) is 155 Å². The molecule has 15 nitrogen and oxygen atoms in total. The second-order valence-corrected chi connectivity index (χ2v) is 20.8. The topological polar surface area (TPSA) is 151 Å². The van der Waals surface area contributed by atoms with Crippen LogP contribution in [0.2, 0.25) is 0 Å². The van der Waals surface area contributed by atoms with E-state index in [0.717, 1.165) is 94.2 Å². The maximum atomic E-state index is 17.1. The molecule has 1 saturated carbocycles. The zero-order valence-corrected chi connectivity index (χ0v) is 40.3. The number of rotatable bonds is 11. The molecule has 5 fully saturated rings. The highest BCUT2D eigenvalue weighted by Gasteiger charge is 2.46. The fourth-order valence-corrected chi connectivity index (χ4v) is 11.8. The van der Waals surface area contributed by atoms with Gasteiger partial charge in [0.1, 0.15) is 28.8 Å². The van der Waals surface area contributed by atoms with Crippen LogP contribution in [0.25, 0.3) is 32.9 Å². The van der Waals surface area contributed by atoms with Crippen LogP contribution in [0.3, 0.4) is 0 Å². The molecular weight excluding hydrogens is 888 g/mol. The number of pyridine rings is 1. The number of hydrogen-bond donors (Lipinski definition) is 2. The number of amides is 3. The van der Waals surface area contributed by atoms with Crippen molar-refractivity contribution in [3.05, 3.63) is 77.2 Å². The van der Waals surface area contributed by atoms with Crippen molar-refractivity contribution in [3.63, 3.8) is 0 Å². The Balaban J connectivity index is 0.715. The average Bonchev–Trinajstić information content (AvgIpc) is 4.05. The van der Waals surface area contributed by atoms with Gasteiger partial charge in [-0.2, -0.15) is 9.97 Å². The van der Waals surface area contributed by atoms with E-state index in [4.69, 9.17) is 21.1 Å². The molecule has 7 heterocycles. The van der Waals surface area contributed by atoms with E-state index in [-0.39, 0.29) is 64.6 Å². The number of carbonyl (C=O) groups is 3. The van der Waals surface area contributed by atoms with Gasteiger partial charge >= 0.3 is 6.01 Å². The van der Waals surface area contributed by atoms with Gasteiger partial charge in [0, 0.05) is 137 Å². The number of piperidine rings is 2. The molecule has 6 aliphatic rings. The van der Waals surface area contributed by atoms with Crippen LogP contribution < -0.4 is 19.9 Å². The zero-order chi connectivity index (χ0) is 48.4. The number of hydrogen-bond acceptors (Lipinski definition) is 13. The molecule has 5 aromatic rings. The molecule has 3 amide bonds. The number of halogens is 1. The molecule has 364 valence electrons. The summed E-state index contributed by atoms with van der Waals surface area (Å²) in [6.07, 6.45) is 12.5. The molecule has 4 saturated heterocycles. The first-order chi connectivity index (χ1) is 33.8. The second-order valence-electron chi connectivity index (χ2n) is 20.8. The predicted molar refractivity (Wildman–Crippen MR) is 266 cm³/mol. The van der Waals surface area contributed by atoms with E-state index >= 15 is 4.39 Å². The van der Waals surface area contributed by atoms with Gasteiger partial charge < -0.3 is 39.7 Å². The highest BCUT2D eigenvalue weighted by atomic mass is 19.1. The first-order valence-electron chi connectivity index (χ1n) is 25.0. The van der Waals surface area contributed by atoms with Crippen molar-refractivity contribution < 1.29 is 28.6 Å². The summed E-state index contributed by atoms with van der Waals surface area (Å²) in [4.78, 5) is 65.3. The van der Waals surface area contributed by atoms with Crippen molar-refractivity contribution in [3.8, 4) is 35.4 Å². The Labute approximate surface area is 408 Å². The van der Waals surface area contributed by atoms with E-state index in [1.807, 2.05) is 24.3 Å². The van der Waals surface area contributed by atoms with Crippen molar-refractivity contribution in [1.29, 1.82) is 0 Å². The summed E-state index contributed by atoms with van der Waals surface area (Å²) < 4.78 is 23.6. The predicted octanol–water partition coefficient (Wildman–Crippen LogP) is 5.65. The summed E-state index contributed by atoms with van der Waals surface area (Å²) in [6.45, 7) is 14.4. The SMILES string of the molecule is C#Cc1cccc2cc(O)cc(-c3ncc4c(N5CC(C)NC(C)C5)nc(OCC5(CN6CCN(CC7CCN(c8ccc9c(c8)CN(C8CCC(=O)N(C)C8=O)C9=O)CC7)CC6)CC5)nc4c3F)c12. The van der Waals surface area contributed by atoms with Crippen LogP contribution in [0.4, 0.5) is 15.9 Å². The standard InChI is InChI=1S/C54H61FN10O5/c1-5-36-7-6-8-37-24-40(66)25-42(46(36)37)48-47(55)49-43(26-56-48)50(64-27-33(2)57-34(3)28-64)59-53(58-49)70-32-54(15-16-54)31-62-21-19-61(20-22-62)29-35-13-17-63(18-14-35)39-9-10-41-38(23-39)30-65(51(41)68)44-11-12-45(67)60(4)52(44)69/h1,6-10,23-26,33-35,44,57,66H,11-22,27-32H2,2-4H3. The number of carbonyl (C=O) groups excluding carboxylic acids is 3. The number of likely N-dealkylation sites (N-methyl/N-ethyl adjacent to an activating group) is 1. The van der Waals surface area contributed by atoms with Gasteiger partial charge in [-0.25, -0.2) is 4.39 Å². The minimum Gasteiger partial charge on any atom is -0.508 e. The molecule has 3 atom stereocenters. The van der Waals surface area contributed by atoms with Crippen molar-refractivity contribution in [1.82, 2.24) is 39.9 Å². The van der Waals surface area contributed by atoms with Crippen molar-refractivity contribution in [2.24, 2.45) is 11.3 Å². The number of likely N-dealkylation sites (tertiary alicyclic amines) is 1. The van der Waals surface area contributed by atoms with Crippen LogP contribution in [0.15, 0.2) is 54.7 Å². The molecule has 0 bridgehead atoms. The van der Waals surface area contributed by atoms with Crippen molar-refractivity contribution >= 4 is 50.9 Å². The van der Waals surface area contributed by atoms with Gasteiger partial charge in [0.2, 0.25) is 5.91 Å². The Bertz CT molecular complexity index is 2930. The van der Waals surface area contributed by atoms with E-state index < -0.39 is 11.9 Å². The number of phenolic OH excluding ortho intramolecular Hbond substituents is 1. The summed E-state index contributed by atoms with van der Waals surface area (Å²) in [5.41, 5.74) is 3.82. The normalized spacial score (nSPS) is 23.4. The number of aromatic nitrogens is 3. The van der Waals surface area contributed by atoms with Crippen LogP contribution in [0, 0.1) is 29.5 Å². The summed E-state index contributed by atoms with van der Waals surface area (Å²) >= 11 is 0.